The van der Waals surface area contributed by atoms with Gasteiger partial charge in [-0.2, -0.15) is 5.10 Å². The van der Waals surface area contributed by atoms with Gasteiger partial charge in [-0.25, -0.2) is 0 Å². The smallest absolute Gasteiger partial charge is 0.0625 e. The van der Waals surface area contributed by atoms with Gasteiger partial charge in [0, 0.05) is 5.69 Å². The Morgan fingerprint density at radius 3 is 1.79 bits per heavy atom. The molecule has 110 valence electrons. The fraction of sp³-hybridized carbons (Fsp3) is 0.824. The average molecular weight is 264 g/mol. The second-order valence-corrected chi connectivity index (χ2v) is 5.84. The SMILES string of the molecule is CCCCCCCCCCCCc1c(C)n[nH]c1C. The Morgan fingerprint density at radius 1 is 0.789 bits per heavy atom. The third-order valence-electron chi connectivity index (χ3n) is 4.06. The van der Waals surface area contributed by atoms with E-state index in [-0.39, 0.29) is 0 Å². The number of hydrogen-bond donors (Lipinski definition) is 1. The second-order valence-electron chi connectivity index (χ2n) is 5.84. The van der Waals surface area contributed by atoms with Crippen LogP contribution in [0.4, 0.5) is 0 Å². The summed E-state index contributed by atoms with van der Waals surface area (Å²) in [5, 5.41) is 7.33. The highest BCUT2D eigenvalue weighted by molar-refractivity contribution is 5.22. The molecular formula is C17H32N2. The van der Waals surface area contributed by atoms with E-state index < -0.39 is 0 Å². The lowest BCUT2D eigenvalue weighted by Crippen LogP contribution is -1.90. The minimum absolute atomic E-state index is 1.19. The maximum absolute atomic E-state index is 4.26. The number of hydrogen-bond acceptors (Lipinski definition) is 1. The van der Waals surface area contributed by atoms with Gasteiger partial charge in [-0.1, -0.05) is 64.7 Å². The molecule has 0 aliphatic heterocycles. The molecule has 1 aromatic heterocycles. The van der Waals surface area contributed by atoms with Crippen molar-refractivity contribution >= 4 is 0 Å². The molecule has 0 saturated carbocycles. The molecule has 1 heterocycles. The third-order valence-corrected chi connectivity index (χ3v) is 4.06. The molecule has 0 aliphatic carbocycles. The molecule has 0 atom stereocenters. The summed E-state index contributed by atoms with van der Waals surface area (Å²) in [6, 6.07) is 0. The van der Waals surface area contributed by atoms with Gasteiger partial charge in [0.2, 0.25) is 0 Å². The highest BCUT2D eigenvalue weighted by Gasteiger charge is 2.05. The van der Waals surface area contributed by atoms with Crippen molar-refractivity contribution < 1.29 is 0 Å². The van der Waals surface area contributed by atoms with Crippen LogP contribution >= 0.6 is 0 Å². The van der Waals surface area contributed by atoms with Gasteiger partial charge in [0.15, 0.2) is 0 Å². The average Bonchev–Trinajstić information content (AvgIpc) is 2.72. The molecule has 0 aromatic carbocycles. The van der Waals surface area contributed by atoms with Crippen LogP contribution in [0.3, 0.4) is 0 Å². The molecule has 1 aromatic rings. The van der Waals surface area contributed by atoms with Gasteiger partial charge < -0.3 is 0 Å². The first kappa shape index (κ1) is 16.3. The standard InChI is InChI=1S/C17H32N2/c1-4-5-6-7-8-9-10-11-12-13-14-17-15(2)18-19-16(17)3/h4-14H2,1-3H3,(H,18,19). The van der Waals surface area contributed by atoms with Crippen LogP contribution in [0.25, 0.3) is 0 Å². The summed E-state index contributed by atoms with van der Waals surface area (Å²) in [5.41, 5.74) is 3.89. The van der Waals surface area contributed by atoms with Crippen molar-refractivity contribution in [3.63, 3.8) is 0 Å². The molecule has 0 amide bonds. The second kappa shape index (κ2) is 10.1. The number of nitrogens with zero attached hydrogens (tertiary/aromatic N) is 1. The van der Waals surface area contributed by atoms with E-state index in [0.29, 0.717) is 0 Å². The van der Waals surface area contributed by atoms with Crippen LogP contribution in [-0.4, -0.2) is 10.2 Å². The summed E-state index contributed by atoms with van der Waals surface area (Å²) >= 11 is 0. The van der Waals surface area contributed by atoms with Crippen molar-refractivity contribution in [3.8, 4) is 0 Å². The molecule has 0 fully saturated rings. The predicted molar refractivity (Wildman–Crippen MR) is 83.6 cm³/mol. The summed E-state index contributed by atoms with van der Waals surface area (Å²) in [6.07, 6.45) is 15.3. The molecule has 0 unspecified atom stereocenters. The number of aromatic amines is 1. The van der Waals surface area contributed by atoms with Crippen molar-refractivity contribution in [3.05, 3.63) is 17.0 Å². The number of unbranched alkanes of at least 4 members (excludes halogenated alkanes) is 9. The number of aryl methyl sites for hydroxylation is 2. The fourth-order valence-electron chi connectivity index (χ4n) is 2.73. The first-order chi connectivity index (χ1) is 9.25. The lowest BCUT2D eigenvalue weighted by atomic mass is 10.0. The van der Waals surface area contributed by atoms with Gasteiger partial charge in [0.05, 0.1) is 5.69 Å². The molecule has 1 rings (SSSR count). The van der Waals surface area contributed by atoms with E-state index in [9.17, 15) is 0 Å². The normalized spacial score (nSPS) is 11.1. The zero-order valence-electron chi connectivity index (χ0n) is 13.2. The zero-order valence-corrected chi connectivity index (χ0v) is 13.2. The first-order valence-electron chi connectivity index (χ1n) is 8.26. The lowest BCUT2D eigenvalue weighted by Gasteiger charge is -2.03. The van der Waals surface area contributed by atoms with Crippen LogP contribution in [0.5, 0.6) is 0 Å². The van der Waals surface area contributed by atoms with Crippen LogP contribution in [0.2, 0.25) is 0 Å². The highest BCUT2D eigenvalue weighted by atomic mass is 15.1. The fourth-order valence-corrected chi connectivity index (χ4v) is 2.73. The molecule has 0 radical (unpaired) electrons. The third kappa shape index (κ3) is 6.79. The Bertz CT molecular complexity index is 309. The van der Waals surface area contributed by atoms with E-state index in [0.717, 1.165) is 0 Å². The van der Waals surface area contributed by atoms with E-state index in [1.54, 1.807) is 0 Å². The molecule has 0 bridgehead atoms. The van der Waals surface area contributed by atoms with Crippen molar-refractivity contribution in [2.45, 2.75) is 91.4 Å². The van der Waals surface area contributed by atoms with Gasteiger partial charge in [-0.05, 0) is 32.3 Å². The molecular weight excluding hydrogens is 232 g/mol. The molecule has 0 aliphatic rings. The quantitative estimate of drug-likeness (QED) is 0.526. The van der Waals surface area contributed by atoms with Crippen LogP contribution in [0.15, 0.2) is 0 Å². The molecule has 0 spiro atoms. The highest BCUT2D eigenvalue weighted by Crippen LogP contribution is 2.15. The predicted octanol–water partition coefficient (Wildman–Crippen LogP) is 5.49. The van der Waals surface area contributed by atoms with E-state index in [2.05, 4.69) is 31.0 Å². The van der Waals surface area contributed by atoms with Gasteiger partial charge in [0.1, 0.15) is 0 Å². The molecule has 2 heteroatoms. The maximum Gasteiger partial charge on any atom is 0.0625 e. The maximum atomic E-state index is 4.26. The summed E-state index contributed by atoms with van der Waals surface area (Å²) in [6.45, 7) is 6.52. The zero-order chi connectivity index (χ0) is 13.9. The Morgan fingerprint density at radius 2 is 1.32 bits per heavy atom. The summed E-state index contributed by atoms with van der Waals surface area (Å²) in [5.74, 6) is 0. The summed E-state index contributed by atoms with van der Waals surface area (Å²) < 4.78 is 0. The Kier molecular flexibility index (Phi) is 8.61. The molecule has 19 heavy (non-hydrogen) atoms. The minimum Gasteiger partial charge on any atom is -0.282 e. The van der Waals surface area contributed by atoms with Gasteiger partial charge in [-0.3, -0.25) is 5.10 Å². The summed E-state index contributed by atoms with van der Waals surface area (Å²) in [4.78, 5) is 0. The van der Waals surface area contributed by atoms with Crippen molar-refractivity contribution in [2.75, 3.05) is 0 Å². The number of H-pyrrole nitrogens is 1. The van der Waals surface area contributed by atoms with Crippen LogP contribution in [-0.2, 0) is 6.42 Å². The van der Waals surface area contributed by atoms with Crippen LogP contribution in [0, 0.1) is 13.8 Å². The van der Waals surface area contributed by atoms with Gasteiger partial charge in [-0.15, -0.1) is 0 Å². The lowest BCUT2D eigenvalue weighted by molar-refractivity contribution is 0.556. The van der Waals surface area contributed by atoms with E-state index in [1.165, 1.54) is 87.6 Å². The number of rotatable bonds is 11. The van der Waals surface area contributed by atoms with E-state index in [4.69, 9.17) is 0 Å². The Balaban J connectivity index is 1.92. The molecule has 0 saturated heterocycles. The van der Waals surface area contributed by atoms with Crippen LogP contribution in [0.1, 0.15) is 88.1 Å². The topological polar surface area (TPSA) is 28.7 Å². The number of aromatic nitrogens is 2. The minimum atomic E-state index is 1.19. The largest absolute Gasteiger partial charge is 0.282 e. The van der Waals surface area contributed by atoms with Crippen molar-refractivity contribution in [1.29, 1.82) is 0 Å². The van der Waals surface area contributed by atoms with Crippen molar-refractivity contribution in [2.24, 2.45) is 0 Å². The van der Waals surface area contributed by atoms with Gasteiger partial charge >= 0.3 is 0 Å². The van der Waals surface area contributed by atoms with Crippen LogP contribution < -0.4 is 0 Å². The summed E-state index contributed by atoms with van der Waals surface area (Å²) in [7, 11) is 0. The van der Waals surface area contributed by atoms with Gasteiger partial charge in [0.25, 0.3) is 0 Å². The molecule has 2 nitrogen and oxygen atoms in total. The number of nitrogens with one attached hydrogen (secondary N) is 1. The molecule has 1 N–H and O–H groups in total. The Hall–Kier alpha value is -0.790. The van der Waals surface area contributed by atoms with E-state index >= 15 is 0 Å². The Labute approximate surface area is 119 Å². The monoisotopic (exact) mass is 264 g/mol. The van der Waals surface area contributed by atoms with Crippen molar-refractivity contribution in [1.82, 2.24) is 10.2 Å². The van der Waals surface area contributed by atoms with E-state index in [1.807, 2.05) is 0 Å². The first-order valence-corrected chi connectivity index (χ1v) is 8.26.